The van der Waals surface area contributed by atoms with Gasteiger partial charge in [-0.3, -0.25) is 9.88 Å². The standard InChI is InChI=1S/C26H37N3O/c1-30-26-13-6-5-12-25(26)29-19-17-28(18-20-29)21-23(24-11-7-8-16-27-24)15-14-22-9-3-2-4-10-22/h5-8,11-13,16,22-23H,2-4,9-10,14-15,17-21H2,1H3. The SMILES string of the molecule is COc1ccccc1N1CCN(CC(CCC2CCCCC2)c2ccccn2)CC1. The van der Waals surface area contributed by atoms with E-state index in [1.54, 1.807) is 7.11 Å². The van der Waals surface area contributed by atoms with Gasteiger partial charge in [-0.2, -0.15) is 0 Å². The number of nitrogens with zero attached hydrogens (tertiary/aromatic N) is 3. The number of hydrogen-bond donors (Lipinski definition) is 0. The number of anilines is 1. The summed E-state index contributed by atoms with van der Waals surface area (Å²) in [5, 5.41) is 0. The van der Waals surface area contributed by atoms with E-state index in [1.165, 1.54) is 56.3 Å². The first-order valence-electron chi connectivity index (χ1n) is 11.8. The van der Waals surface area contributed by atoms with Gasteiger partial charge in [0.15, 0.2) is 0 Å². The van der Waals surface area contributed by atoms with Gasteiger partial charge in [-0.1, -0.05) is 50.3 Å². The zero-order chi connectivity index (χ0) is 20.6. The van der Waals surface area contributed by atoms with Crippen LogP contribution in [0.1, 0.15) is 56.6 Å². The summed E-state index contributed by atoms with van der Waals surface area (Å²) in [6.07, 6.45) is 11.8. The van der Waals surface area contributed by atoms with Gasteiger partial charge < -0.3 is 9.64 Å². The molecule has 1 aromatic heterocycles. The smallest absolute Gasteiger partial charge is 0.142 e. The van der Waals surface area contributed by atoms with Crippen molar-refractivity contribution in [3.05, 3.63) is 54.4 Å². The predicted molar refractivity (Wildman–Crippen MR) is 124 cm³/mol. The van der Waals surface area contributed by atoms with Crippen LogP contribution in [0.25, 0.3) is 0 Å². The highest BCUT2D eigenvalue weighted by molar-refractivity contribution is 5.58. The van der Waals surface area contributed by atoms with Crippen molar-refractivity contribution in [2.24, 2.45) is 5.92 Å². The van der Waals surface area contributed by atoms with Gasteiger partial charge in [-0.05, 0) is 43.0 Å². The van der Waals surface area contributed by atoms with Gasteiger partial charge in [0, 0.05) is 50.5 Å². The number of aromatic nitrogens is 1. The van der Waals surface area contributed by atoms with Gasteiger partial charge in [0.2, 0.25) is 0 Å². The fourth-order valence-corrected chi connectivity index (χ4v) is 5.24. The van der Waals surface area contributed by atoms with E-state index in [1.807, 2.05) is 18.3 Å². The van der Waals surface area contributed by atoms with Crippen LogP contribution in [0.3, 0.4) is 0 Å². The van der Waals surface area contributed by atoms with Gasteiger partial charge in [0.1, 0.15) is 5.75 Å². The summed E-state index contributed by atoms with van der Waals surface area (Å²) in [4.78, 5) is 9.85. The Bertz CT molecular complexity index is 752. The average molecular weight is 408 g/mol. The number of piperazine rings is 1. The minimum Gasteiger partial charge on any atom is -0.495 e. The Morgan fingerprint density at radius 3 is 2.47 bits per heavy atom. The lowest BCUT2D eigenvalue weighted by Gasteiger charge is -2.38. The van der Waals surface area contributed by atoms with Crippen molar-refractivity contribution in [2.75, 3.05) is 44.7 Å². The molecule has 0 bridgehead atoms. The quantitative estimate of drug-likeness (QED) is 0.589. The maximum absolute atomic E-state index is 5.57. The zero-order valence-corrected chi connectivity index (χ0v) is 18.5. The van der Waals surface area contributed by atoms with Gasteiger partial charge >= 0.3 is 0 Å². The molecule has 0 N–H and O–H groups in total. The molecule has 2 fully saturated rings. The van der Waals surface area contributed by atoms with Crippen LogP contribution in [0.2, 0.25) is 0 Å². The zero-order valence-electron chi connectivity index (χ0n) is 18.5. The minimum absolute atomic E-state index is 0.547. The first-order chi connectivity index (χ1) is 14.8. The van der Waals surface area contributed by atoms with Crippen molar-refractivity contribution in [3.63, 3.8) is 0 Å². The molecule has 1 aromatic carbocycles. The highest BCUT2D eigenvalue weighted by Crippen LogP contribution is 2.32. The molecule has 0 spiro atoms. The van der Waals surface area contributed by atoms with Gasteiger partial charge in [-0.25, -0.2) is 0 Å². The fraction of sp³-hybridized carbons (Fsp3) is 0.577. The molecule has 4 heteroatoms. The van der Waals surface area contributed by atoms with Gasteiger partial charge in [-0.15, -0.1) is 0 Å². The van der Waals surface area contributed by atoms with E-state index < -0.39 is 0 Å². The molecule has 162 valence electrons. The summed E-state index contributed by atoms with van der Waals surface area (Å²) in [5.41, 5.74) is 2.50. The third-order valence-corrected chi connectivity index (χ3v) is 7.03. The van der Waals surface area contributed by atoms with Gasteiger partial charge in [0.25, 0.3) is 0 Å². The van der Waals surface area contributed by atoms with Crippen LogP contribution in [0.4, 0.5) is 5.69 Å². The largest absolute Gasteiger partial charge is 0.495 e. The van der Waals surface area contributed by atoms with Crippen LogP contribution in [-0.2, 0) is 0 Å². The van der Waals surface area contributed by atoms with Crippen molar-refractivity contribution in [3.8, 4) is 5.75 Å². The molecule has 4 nitrogen and oxygen atoms in total. The normalized spacial score (nSPS) is 19.6. The average Bonchev–Trinajstić information content (AvgIpc) is 2.83. The van der Waals surface area contributed by atoms with Crippen LogP contribution >= 0.6 is 0 Å². The molecule has 2 heterocycles. The topological polar surface area (TPSA) is 28.6 Å². The van der Waals surface area contributed by atoms with Crippen LogP contribution in [0, 0.1) is 5.92 Å². The van der Waals surface area contributed by atoms with E-state index in [9.17, 15) is 0 Å². The molecule has 1 saturated carbocycles. The molecule has 1 atom stereocenters. The summed E-state index contributed by atoms with van der Waals surface area (Å²) in [6.45, 7) is 5.44. The van der Waals surface area contributed by atoms with Crippen LogP contribution < -0.4 is 9.64 Å². The Hall–Kier alpha value is -2.07. The highest BCUT2D eigenvalue weighted by Gasteiger charge is 2.24. The second kappa shape index (κ2) is 10.8. The Labute approximate surface area is 182 Å². The lowest BCUT2D eigenvalue weighted by molar-refractivity contribution is 0.227. The second-order valence-electron chi connectivity index (χ2n) is 8.99. The van der Waals surface area contributed by atoms with Crippen LogP contribution in [-0.4, -0.2) is 49.7 Å². The maximum atomic E-state index is 5.57. The maximum Gasteiger partial charge on any atom is 0.142 e. The molecule has 1 unspecified atom stereocenters. The minimum atomic E-state index is 0.547. The third-order valence-electron chi connectivity index (χ3n) is 7.03. The molecule has 2 aromatic rings. The Kier molecular flexibility index (Phi) is 7.63. The third kappa shape index (κ3) is 5.54. The van der Waals surface area contributed by atoms with Crippen molar-refractivity contribution >= 4 is 5.69 Å². The molecule has 1 aliphatic heterocycles. The Balaban J connectivity index is 1.35. The van der Waals surface area contributed by atoms with E-state index in [4.69, 9.17) is 9.72 Å². The van der Waals surface area contributed by atoms with Crippen molar-refractivity contribution in [1.29, 1.82) is 0 Å². The van der Waals surface area contributed by atoms with Crippen LogP contribution in [0.5, 0.6) is 5.75 Å². The van der Waals surface area contributed by atoms with E-state index >= 15 is 0 Å². The number of hydrogen-bond acceptors (Lipinski definition) is 4. The predicted octanol–water partition coefficient (Wildman–Crippen LogP) is 5.36. The van der Waals surface area contributed by atoms with Crippen molar-refractivity contribution < 1.29 is 4.74 Å². The molecule has 0 radical (unpaired) electrons. The first kappa shape index (κ1) is 21.2. The summed E-state index contributed by atoms with van der Waals surface area (Å²) >= 11 is 0. The molecule has 4 rings (SSSR count). The first-order valence-corrected chi connectivity index (χ1v) is 11.8. The van der Waals surface area contributed by atoms with Gasteiger partial charge in [0.05, 0.1) is 12.8 Å². The molecular weight excluding hydrogens is 370 g/mol. The number of ether oxygens (including phenoxy) is 1. The fourth-order valence-electron chi connectivity index (χ4n) is 5.24. The highest BCUT2D eigenvalue weighted by atomic mass is 16.5. The van der Waals surface area contributed by atoms with Crippen molar-refractivity contribution in [1.82, 2.24) is 9.88 Å². The van der Waals surface area contributed by atoms with E-state index in [-0.39, 0.29) is 0 Å². The molecule has 0 amide bonds. The second-order valence-corrected chi connectivity index (χ2v) is 8.99. The Morgan fingerprint density at radius 1 is 0.967 bits per heavy atom. The number of benzene rings is 1. The van der Waals surface area contributed by atoms with Crippen LogP contribution in [0.15, 0.2) is 48.7 Å². The molecule has 30 heavy (non-hydrogen) atoms. The molecular formula is C26H37N3O. The summed E-state index contributed by atoms with van der Waals surface area (Å²) in [7, 11) is 1.76. The summed E-state index contributed by atoms with van der Waals surface area (Å²) in [6, 6.07) is 14.8. The number of methoxy groups -OCH3 is 1. The molecule has 1 saturated heterocycles. The summed E-state index contributed by atoms with van der Waals surface area (Å²) < 4.78 is 5.57. The van der Waals surface area contributed by atoms with Crippen molar-refractivity contribution in [2.45, 2.75) is 50.9 Å². The number of pyridine rings is 1. The Morgan fingerprint density at radius 2 is 1.73 bits per heavy atom. The number of rotatable bonds is 8. The lowest BCUT2D eigenvalue weighted by atomic mass is 9.83. The van der Waals surface area contributed by atoms with E-state index in [0.717, 1.165) is 44.4 Å². The summed E-state index contributed by atoms with van der Waals surface area (Å²) in [5.74, 6) is 2.46. The monoisotopic (exact) mass is 407 g/mol. The van der Waals surface area contributed by atoms with E-state index in [0.29, 0.717) is 5.92 Å². The molecule has 2 aliphatic rings. The van der Waals surface area contributed by atoms with E-state index in [2.05, 4.69) is 40.1 Å². The lowest BCUT2D eigenvalue weighted by Crippen LogP contribution is -2.47. The molecule has 1 aliphatic carbocycles. The number of para-hydroxylation sites is 2.